The Hall–Kier alpha value is -2.83. The lowest BCUT2D eigenvalue weighted by Gasteiger charge is -2.09. The van der Waals surface area contributed by atoms with Crippen molar-refractivity contribution in [1.29, 1.82) is 0 Å². The lowest BCUT2D eigenvalue weighted by atomic mass is 10.0. The third kappa shape index (κ3) is 5.63. The molecule has 7 heteroatoms. The van der Waals surface area contributed by atoms with Crippen molar-refractivity contribution in [3.05, 3.63) is 71.3 Å². The highest BCUT2D eigenvalue weighted by molar-refractivity contribution is 6.36. The molecule has 25 heavy (non-hydrogen) atoms. The van der Waals surface area contributed by atoms with Crippen LogP contribution in [0.2, 0.25) is 0 Å². The number of nitrogens with zero attached hydrogens (tertiary/aromatic N) is 1. The van der Waals surface area contributed by atoms with Gasteiger partial charge in [-0.1, -0.05) is 53.7 Å². The van der Waals surface area contributed by atoms with E-state index in [1.165, 1.54) is 12.1 Å². The van der Waals surface area contributed by atoms with Crippen molar-refractivity contribution in [2.45, 2.75) is 25.6 Å². The highest BCUT2D eigenvalue weighted by Gasteiger charge is 2.30. The molecule has 0 unspecified atom stereocenters. The number of rotatable bonds is 6. The third-order valence-electron chi connectivity index (χ3n) is 3.47. The van der Waals surface area contributed by atoms with Gasteiger partial charge in [-0.2, -0.15) is 13.2 Å². The van der Waals surface area contributed by atoms with Gasteiger partial charge < -0.3 is 9.94 Å². The topological polar surface area (TPSA) is 58.9 Å². The number of benzene rings is 2. The molecule has 132 valence electrons. The number of halogens is 3. The minimum Gasteiger partial charge on any atom is -0.456 e. The van der Waals surface area contributed by atoms with Crippen LogP contribution in [0, 0.1) is 0 Å². The Morgan fingerprint density at radius 3 is 2.36 bits per heavy atom. The Bertz CT molecular complexity index is 743. The predicted molar refractivity (Wildman–Crippen MR) is 85.2 cm³/mol. The molecule has 0 radical (unpaired) electrons. The normalized spacial score (nSPS) is 12.0. The van der Waals surface area contributed by atoms with Gasteiger partial charge in [0, 0.05) is 6.42 Å². The van der Waals surface area contributed by atoms with E-state index in [0.717, 1.165) is 17.7 Å². The van der Waals surface area contributed by atoms with Crippen LogP contribution < -0.4 is 0 Å². The lowest BCUT2D eigenvalue weighted by Crippen LogP contribution is -2.18. The van der Waals surface area contributed by atoms with E-state index in [2.05, 4.69) is 5.16 Å². The maximum Gasteiger partial charge on any atom is 0.416 e. The standard InChI is InChI=1S/C18H16F3NO3/c19-18(20,21)15-8-4-7-13(11-15)9-10-16(22-24)17(23)25-12-14-5-2-1-3-6-14/h1-8,11,24H,9-10,12H2. The van der Waals surface area contributed by atoms with Crippen molar-refractivity contribution < 1.29 is 27.9 Å². The second kappa shape index (κ2) is 8.32. The van der Waals surface area contributed by atoms with Crippen LogP contribution in [0.3, 0.4) is 0 Å². The molecule has 2 aromatic rings. The number of hydrogen-bond acceptors (Lipinski definition) is 4. The first-order valence-electron chi connectivity index (χ1n) is 7.48. The zero-order chi connectivity index (χ0) is 18.3. The molecule has 0 bridgehead atoms. The molecule has 2 rings (SSSR count). The van der Waals surface area contributed by atoms with Crippen LogP contribution in [0.4, 0.5) is 13.2 Å². The van der Waals surface area contributed by atoms with Gasteiger partial charge in [0.05, 0.1) is 5.56 Å². The minimum absolute atomic E-state index is 0.0161. The highest BCUT2D eigenvalue weighted by Crippen LogP contribution is 2.29. The Morgan fingerprint density at radius 2 is 1.72 bits per heavy atom. The van der Waals surface area contributed by atoms with Crippen LogP contribution in [0.5, 0.6) is 0 Å². The second-order valence-electron chi connectivity index (χ2n) is 5.31. The number of esters is 1. The minimum atomic E-state index is -4.43. The summed E-state index contributed by atoms with van der Waals surface area (Å²) in [6.45, 7) is 0.0161. The van der Waals surface area contributed by atoms with E-state index in [-0.39, 0.29) is 25.2 Å². The van der Waals surface area contributed by atoms with E-state index in [9.17, 15) is 18.0 Å². The maximum absolute atomic E-state index is 12.7. The average Bonchev–Trinajstić information content (AvgIpc) is 2.61. The van der Waals surface area contributed by atoms with Gasteiger partial charge in [0.2, 0.25) is 0 Å². The van der Waals surface area contributed by atoms with E-state index >= 15 is 0 Å². The molecular weight excluding hydrogens is 335 g/mol. The molecule has 0 aliphatic heterocycles. The largest absolute Gasteiger partial charge is 0.456 e. The first-order valence-corrected chi connectivity index (χ1v) is 7.48. The molecule has 0 spiro atoms. The van der Waals surface area contributed by atoms with Crippen LogP contribution in [0.1, 0.15) is 23.1 Å². The average molecular weight is 351 g/mol. The van der Waals surface area contributed by atoms with Crippen LogP contribution in [0.15, 0.2) is 59.8 Å². The number of oxime groups is 1. The summed E-state index contributed by atoms with van der Waals surface area (Å²) in [5, 5.41) is 11.9. The molecule has 0 aromatic heterocycles. The number of carbonyl (C=O) groups excluding carboxylic acids is 1. The maximum atomic E-state index is 12.7. The Balaban J connectivity index is 1.93. The fourth-order valence-electron chi connectivity index (χ4n) is 2.17. The van der Waals surface area contributed by atoms with Gasteiger partial charge in [0.1, 0.15) is 6.61 Å². The quantitative estimate of drug-likeness (QED) is 0.367. The highest BCUT2D eigenvalue weighted by atomic mass is 19.4. The van der Waals surface area contributed by atoms with Crippen LogP contribution >= 0.6 is 0 Å². The number of hydrogen-bond donors (Lipinski definition) is 1. The number of carbonyl (C=O) groups is 1. The van der Waals surface area contributed by atoms with Crippen LogP contribution in [-0.2, 0) is 28.7 Å². The predicted octanol–water partition coefficient (Wildman–Crippen LogP) is 4.21. The van der Waals surface area contributed by atoms with Gasteiger partial charge in [0.15, 0.2) is 5.71 Å². The fraction of sp³-hybridized carbons (Fsp3) is 0.222. The molecule has 4 nitrogen and oxygen atoms in total. The molecule has 1 N–H and O–H groups in total. The van der Waals surface area contributed by atoms with Gasteiger partial charge in [-0.15, -0.1) is 0 Å². The van der Waals surface area contributed by atoms with Gasteiger partial charge in [0.25, 0.3) is 0 Å². The lowest BCUT2D eigenvalue weighted by molar-refractivity contribution is -0.138. The van der Waals surface area contributed by atoms with Crippen molar-refractivity contribution in [3.63, 3.8) is 0 Å². The summed E-state index contributed by atoms with van der Waals surface area (Å²) in [6.07, 6.45) is -4.35. The van der Waals surface area contributed by atoms with E-state index < -0.39 is 17.7 Å². The summed E-state index contributed by atoms with van der Waals surface area (Å²) in [7, 11) is 0. The second-order valence-corrected chi connectivity index (χ2v) is 5.31. The molecule has 0 aliphatic carbocycles. The van der Waals surface area contributed by atoms with E-state index in [1.807, 2.05) is 6.07 Å². The van der Waals surface area contributed by atoms with E-state index in [0.29, 0.717) is 5.56 Å². The molecular formula is C18H16F3NO3. The van der Waals surface area contributed by atoms with E-state index in [4.69, 9.17) is 9.94 Å². The summed E-state index contributed by atoms with van der Waals surface area (Å²) in [6, 6.07) is 13.7. The SMILES string of the molecule is O=C(OCc1ccccc1)C(CCc1cccc(C(F)(F)F)c1)=NO. The summed E-state index contributed by atoms with van der Waals surface area (Å²) >= 11 is 0. The molecule has 0 aliphatic rings. The van der Waals surface area contributed by atoms with Gasteiger partial charge >= 0.3 is 12.1 Å². The molecule has 0 fully saturated rings. The van der Waals surface area contributed by atoms with Gasteiger partial charge in [-0.25, -0.2) is 4.79 Å². The monoisotopic (exact) mass is 351 g/mol. The molecule has 0 saturated heterocycles. The van der Waals surface area contributed by atoms with Crippen LogP contribution in [0.25, 0.3) is 0 Å². The number of alkyl halides is 3. The van der Waals surface area contributed by atoms with E-state index in [1.54, 1.807) is 24.3 Å². The summed E-state index contributed by atoms with van der Waals surface area (Å²) in [5.41, 5.74) is 0.144. The summed E-state index contributed by atoms with van der Waals surface area (Å²) in [5.74, 6) is -0.807. The molecule has 0 atom stereocenters. The zero-order valence-electron chi connectivity index (χ0n) is 13.2. The zero-order valence-corrected chi connectivity index (χ0v) is 13.2. The third-order valence-corrected chi connectivity index (χ3v) is 3.47. The summed E-state index contributed by atoms with van der Waals surface area (Å²) < 4.78 is 43.1. The van der Waals surface area contributed by atoms with Crippen molar-refractivity contribution in [1.82, 2.24) is 0 Å². The van der Waals surface area contributed by atoms with Crippen molar-refractivity contribution in [2.75, 3.05) is 0 Å². The van der Waals surface area contributed by atoms with Gasteiger partial charge in [-0.05, 0) is 23.6 Å². The Morgan fingerprint density at radius 1 is 1.04 bits per heavy atom. The van der Waals surface area contributed by atoms with Crippen molar-refractivity contribution in [2.24, 2.45) is 5.16 Å². The van der Waals surface area contributed by atoms with Crippen LogP contribution in [-0.4, -0.2) is 16.9 Å². The van der Waals surface area contributed by atoms with Crippen molar-refractivity contribution in [3.8, 4) is 0 Å². The first-order chi connectivity index (χ1) is 11.9. The molecule has 0 amide bonds. The Kier molecular flexibility index (Phi) is 6.16. The Labute approximate surface area is 142 Å². The smallest absolute Gasteiger partial charge is 0.416 e. The van der Waals surface area contributed by atoms with Gasteiger partial charge in [-0.3, -0.25) is 0 Å². The molecule has 0 saturated carbocycles. The number of ether oxygens (including phenoxy) is 1. The van der Waals surface area contributed by atoms with Crippen molar-refractivity contribution >= 4 is 11.7 Å². The molecule has 2 aromatic carbocycles. The fourth-order valence-corrected chi connectivity index (χ4v) is 2.17. The summed E-state index contributed by atoms with van der Waals surface area (Å²) in [4.78, 5) is 11.9. The number of aryl methyl sites for hydroxylation is 1. The first kappa shape index (κ1) is 18.5. The molecule has 0 heterocycles.